The smallest absolute Gasteiger partial charge is 0.244 e. The summed E-state index contributed by atoms with van der Waals surface area (Å²) in [7, 11) is -3.04. The molecule has 0 aromatic heterocycles. The second-order valence-corrected chi connectivity index (χ2v) is 9.39. The highest BCUT2D eigenvalue weighted by Crippen LogP contribution is 2.40. The molecule has 1 amide bonds. The summed E-state index contributed by atoms with van der Waals surface area (Å²) >= 11 is 1.38. The van der Waals surface area contributed by atoms with Crippen LogP contribution < -0.4 is 9.47 Å². The Morgan fingerprint density at radius 3 is 2.92 bits per heavy atom. The molecular formula is C15H16N2O5S2. The van der Waals surface area contributed by atoms with Crippen molar-refractivity contribution in [3.05, 3.63) is 23.8 Å². The van der Waals surface area contributed by atoms with Crippen LogP contribution in [-0.4, -0.2) is 54.0 Å². The summed E-state index contributed by atoms with van der Waals surface area (Å²) in [5.74, 6) is 1.34. The molecule has 9 heteroatoms. The van der Waals surface area contributed by atoms with E-state index in [0.717, 1.165) is 5.56 Å². The minimum absolute atomic E-state index is 0.0675. The molecule has 3 aliphatic heterocycles. The lowest BCUT2D eigenvalue weighted by Crippen LogP contribution is -2.37. The van der Waals surface area contributed by atoms with E-state index in [1.807, 2.05) is 23.1 Å². The topological polar surface area (TPSA) is 85.3 Å². The molecule has 128 valence electrons. The van der Waals surface area contributed by atoms with Crippen LogP contribution in [0.5, 0.6) is 11.5 Å². The normalized spacial score (nSPS) is 28.4. The summed E-state index contributed by atoms with van der Waals surface area (Å²) < 4.78 is 34.6. The molecule has 4 rings (SSSR count). The summed E-state index contributed by atoms with van der Waals surface area (Å²) in [5.41, 5.74) is 0.959. The maximum Gasteiger partial charge on any atom is 0.244 e. The van der Waals surface area contributed by atoms with Crippen LogP contribution in [0.3, 0.4) is 0 Å². The van der Waals surface area contributed by atoms with Crippen LogP contribution in [0.4, 0.5) is 0 Å². The van der Waals surface area contributed by atoms with Gasteiger partial charge < -0.3 is 14.4 Å². The third kappa shape index (κ3) is 2.86. The van der Waals surface area contributed by atoms with Gasteiger partial charge in [0.15, 0.2) is 26.5 Å². The van der Waals surface area contributed by atoms with Crippen LogP contribution in [0.2, 0.25) is 0 Å². The second kappa shape index (κ2) is 5.66. The average Bonchev–Trinajstić information content (AvgIpc) is 3.13. The third-order valence-corrected chi connectivity index (χ3v) is 7.47. The summed E-state index contributed by atoms with van der Waals surface area (Å²) in [6.07, 6.45) is 0. The lowest BCUT2D eigenvalue weighted by molar-refractivity contribution is -0.115. The molecule has 1 aromatic carbocycles. The van der Waals surface area contributed by atoms with Crippen molar-refractivity contribution in [2.24, 2.45) is 4.99 Å². The Hall–Kier alpha value is -1.74. The first kappa shape index (κ1) is 15.8. The molecule has 0 radical (unpaired) electrons. The number of thioether (sulfide) groups is 1. The fraction of sp³-hybridized carbons (Fsp3) is 0.467. The summed E-state index contributed by atoms with van der Waals surface area (Å²) in [6.45, 7) is 2.09. The Bertz CT molecular complexity index is 836. The van der Waals surface area contributed by atoms with Crippen LogP contribution in [-0.2, 0) is 21.2 Å². The molecule has 24 heavy (non-hydrogen) atoms. The molecule has 0 N–H and O–H groups in total. The fourth-order valence-corrected chi connectivity index (χ4v) is 7.19. The van der Waals surface area contributed by atoms with E-state index < -0.39 is 9.84 Å². The van der Waals surface area contributed by atoms with Crippen molar-refractivity contribution in [1.29, 1.82) is 0 Å². The van der Waals surface area contributed by atoms with Crippen molar-refractivity contribution < 1.29 is 22.7 Å². The minimum atomic E-state index is -3.04. The maximum atomic E-state index is 11.9. The van der Waals surface area contributed by atoms with Crippen LogP contribution in [0.15, 0.2) is 23.2 Å². The maximum absolute atomic E-state index is 11.9. The predicted octanol–water partition coefficient (Wildman–Crippen LogP) is 1.03. The summed E-state index contributed by atoms with van der Waals surface area (Å²) in [4.78, 5) is 17.4. The number of amides is 1. The number of rotatable bonds is 2. The molecule has 3 aliphatic rings. The molecule has 2 fully saturated rings. The van der Waals surface area contributed by atoms with Gasteiger partial charge in [-0.15, -0.1) is 0 Å². The summed E-state index contributed by atoms with van der Waals surface area (Å²) in [6, 6.07) is 5.49. The van der Waals surface area contributed by atoms with Gasteiger partial charge in [0, 0.05) is 18.7 Å². The van der Waals surface area contributed by atoms with E-state index in [1.165, 1.54) is 18.7 Å². The van der Waals surface area contributed by atoms with Crippen molar-refractivity contribution in [1.82, 2.24) is 4.90 Å². The van der Waals surface area contributed by atoms with E-state index >= 15 is 0 Å². The van der Waals surface area contributed by atoms with Crippen molar-refractivity contribution in [2.45, 2.75) is 24.8 Å². The summed E-state index contributed by atoms with van der Waals surface area (Å²) in [5, 5.41) is 0.534. The highest BCUT2D eigenvalue weighted by molar-refractivity contribution is 8.15. The van der Waals surface area contributed by atoms with Crippen LogP contribution in [0.25, 0.3) is 0 Å². The quantitative estimate of drug-likeness (QED) is 0.771. The first-order valence-corrected chi connectivity index (χ1v) is 10.2. The van der Waals surface area contributed by atoms with Gasteiger partial charge >= 0.3 is 0 Å². The lowest BCUT2D eigenvalue weighted by atomic mass is 10.1. The Balaban J connectivity index is 1.63. The SMILES string of the molecule is CC(=O)N=C1S[C@H]2CS(=O)(=O)C[C@@H]2N1Cc1ccc2c(c1)OCO2. The number of aliphatic imine (C=N–C) groups is 1. The molecule has 2 saturated heterocycles. The van der Waals surface area contributed by atoms with E-state index in [-0.39, 0.29) is 35.5 Å². The van der Waals surface area contributed by atoms with E-state index in [9.17, 15) is 13.2 Å². The number of benzene rings is 1. The highest BCUT2D eigenvalue weighted by atomic mass is 32.2. The van der Waals surface area contributed by atoms with E-state index in [2.05, 4.69) is 4.99 Å². The molecule has 0 saturated carbocycles. The van der Waals surface area contributed by atoms with Gasteiger partial charge in [-0.2, -0.15) is 4.99 Å². The largest absolute Gasteiger partial charge is 0.454 e. The molecule has 0 aliphatic carbocycles. The van der Waals surface area contributed by atoms with E-state index in [1.54, 1.807) is 0 Å². The number of fused-ring (bicyclic) bond motifs is 2. The molecular weight excluding hydrogens is 352 g/mol. The molecule has 1 aromatic rings. The van der Waals surface area contributed by atoms with Gasteiger partial charge in [-0.05, 0) is 17.7 Å². The van der Waals surface area contributed by atoms with Gasteiger partial charge in [0.1, 0.15) is 0 Å². The molecule has 3 heterocycles. The van der Waals surface area contributed by atoms with Crippen LogP contribution >= 0.6 is 11.8 Å². The molecule has 0 spiro atoms. The number of nitrogens with zero attached hydrogens (tertiary/aromatic N) is 2. The van der Waals surface area contributed by atoms with Crippen molar-refractivity contribution in [2.75, 3.05) is 18.3 Å². The van der Waals surface area contributed by atoms with Gasteiger partial charge in [0.05, 0.1) is 17.5 Å². The van der Waals surface area contributed by atoms with Crippen molar-refractivity contribution in [3.63, 3.8) is 0 Å². The number of carbonyl (C=O) groups is 1. The zero-order chi connectivity index (χ0) is 16.9. The monoisotopic (exact) mass is 368 g/mol. The fourth-order valence-electron chi connectivity index (χ4n) is 3.19. The number of ether oxygens (including phenoxy) is 2. The molecule has 7 nitrogen and oxygen atoms in total. The highest BCUT2D eigenvalue weighted by Gasteiger charge is 2.48. The van der Waals surface area contributed by atoms with E-state index in [4.69, 9.17) is 9.47 Å². The Labute approximate surface area is 143 Å². The van der Waals surface area contributed by atoms with Gasteiger partial charge in [-0.3, -0.25) is 4.79 Å². The predicted molar refractivity (Wildman–Crippen MR) is 90.0 cm³/mol. The Morgan fingerprint density at radius 1 is 1.33 bits per heavy atom. The number of amidine groups is 1. The van der Waals surface area contributed by atoms with Gasteiger partial charge in [0.25, 0.3) is 0 Å². The van der Waals surface area contributed by atoms with Gasteiger partial charge in [-0.25, -0.2) is 8.42 Å². The number of hydrogen-bond donors (Lipinski definition) is 0. The molecule has 0 bridgehead atoms. The van der Waals surface area contributed by atoms with Gasteiger partial charge in [0.2, 0.25) is 12.7 Å². The van der Waals surface area contributed by atoms with E-state index in [0.29, 0.717) is 23.2 Å². The lowest BCUT2D eigenvalue weighted by Gasteiger charge is -2.24. The van der Waals surface area contributed by atoms with Crippen LogP contribution in [0.1, 0.15) is 12.5 Å². The van der Waals surface area contributed by atoms with Crippen molar-refractivity contribution in [3.8, 4) is 11.5 Å². The average molecular weight is 368 g/mol. The van der Waals surface area contributed by atoms with Gasteiger partial charge in [-0.1, -0.05) is 17.8 Å². The molecule has 0 unspecified atom stereocenters. The zero-order valence-corrected chi connectivity index (χ0v) is 14.6. The first-order valence-electron chi connectivity index (χ1n) is 7.53. The Kier molecular flexibility index (Phi) is 3.72. The standard InChI is InChI=1S/C15H16N2O5S2/c1-9(18)16-15-17(11-6-24(19,20)7-14(11)23-15)5-10-2-3-12-13(4-10)22-8-21-12/h2-4,11,14H,5-8H2,1H3/t11-,14-/m0/s1. The Morgan fingerprint density at radius 2 is 2.12 bits per heavy atom. The first-order chi connectivity index (χ1) is 11.4. The van der Waals surface area contributed by atoms with Crippen LogP contribution in [0, 0.1) is 0 Å². The number of sulfone groups is 1. The molecule has 2 atom stereocenters. The number of carbonyl (C=O) groups excluding carboxylic acids is 1. The van der Waals surface area contributed by atoms with Crippen molar-refractivity contribution >= 4 is 32.7 Å². The number of hydrogen-bond acceptors (Lipinski definition) is 6. The zero-order valence-electron chi connectivity index (χ0n) is 13.0. The third-order valence-electron chi connectivity index (χ3n) is 4.22. The minimum Gasteiger partial charge on any atom is -0.454 e. The second-order valence-electron chi connectivity index (χ2n) is 6.03.